The zero-order valence-electron chi connectivity index (χ0n) is 17.3. The molecule has 0 amide bonds. The number of halogens is 1. The number of allylic oxidation sites excluding steroid dienone is 2. The summed E-state index contributed by atoms with van der Waals surface area (Å²) in [6.45, 7) is 3.72. The van der Waals surface area contributed by atoms with Gasteiger partial charge in [-0.3, -0.25) is 0 Å². The Balaban J connectivity index is 1.58. The van der Waals surface area contributed by atoms with Gasteiger partial charge in [-0.1, -0.05) is 24.6 Å². The number of aliphatic hydroxyl groups excluding tert-OH is 1. The van der Waals surface area contributed by atoms with Gasteiger partial charge in [0.2, 0.25) is 0 Å². The SMILES string of the molecule is CCCN1C=C(n2cc(-c3ccc(S(=O)(=O)C4CCOCC4)cc3Cl)cn2)C=CC1O. The molecule has 1 fully saturated rings. The molecular weight excluding hydrogens is 438 g/mol. The Hall–Kier alpha value is -2.13. The van der Waals surface area contributed by atoms with Crippen LogP contribution in [0.2, 0.25) is 5.02 Å². The van der Waals surface area contributed by atoms with Crippen molar-refractivity contribution in [3.8, 4) is 11.1 Å². The van der Waals surface area contributed by atoms with Crippen molar-refractivity contribution in [2.75, 3.05) is 19.8 Å². The minimum absolute atomic E-state index is 0.239. The molecule has 0 bridgehead atoms. The largest absolute Gasteiger partial charge is 0.381 e. The molecule has 2 aromatic rings. The van der Waals surface area contributed by atoms with Crippen molar-refractivity contribution in [2.24, 2.45) is 0 Å². The molecule has 1 N–H and O–H groups in total. The first kappa shape index (κ1) is 22.1. The topological polar surface area (TPSA) is 84.7 Å². The van der Waals surface area contributed by atoms with Gasteiger partial charge in [0.25, 0.3) is 0 Å². The molecule has 1 saturated heterocycles. The van der Waals surface area contributed by atoms with Crippen molar-refractivity contribution in [2.45, 2.75) is 42.6 Å². The lowest BCUT2D eigenvalue weighted by atomic mass is 10.1. The van der Waals surface area contributed by atoms with E-state index < -0.39 is 21.3 Å². The summed E-state index contributed by atoms with van der Waals surface area (Å²) >= 11 is 6.49. The summed E-state index contributed by atoms with van der Waals surface area (Å²) in [5.74, 6) is 0. The van der Waals surface area contributed by atoms with Crippen LogP contribution in [0.1, 0.15) is 26.2 Å². The summed E-state index contributed by atoms with van der Waals surface area (Å²) < 4.78 is 32.9. The Morgan fingerprint density at radius 2 is 2.06 bits per heavy atom. The molecule has 7 nitrogen and oxygen atoms in total. The lowest BCUT2D eigenvalue weighted by Crippen LogP contribution is -2.32. The first-order chi connectivity index (χ1) is 14.9. The summed E-state index contributed by atoms with van der Waals surface area (Å²) in [7, 11) is -3.45. The van der Waals surface area contributed by atoms with Gasteiger partial charge in [-0.25, -0.2) is 13.1 Å². The number of benzene rings is 1. The Kier molecular flexibility index (Phi) is 6.52. The van der Waals surface area contributed by atoms with Crippen LogP contribution in [0.4, 0.5) is 0 Å². The van der Waals surface area contributed by atoms with Gasteiger partial charge in [-0.15, -0.1) is 0 Å². The van der Waals surface area contributed by atoms with Gasteiger partial charge in [0.1, 0.15) is 6.23 Å². The zero-order valence-corrected chi connectivity index (χ0v) is 18.9. The molecule has 1 atom stereocenters. The number of rotatable bonds is 6. The third-order valence-corrected chi connectivity index (χ3v) is 8.17. The van der Waals surface area contributed by atoms with Crippen LogP contribution in [0.15, 0.2) is 53.8 Å². The second-order valence-electron chi connectivity index (χ2n) is 7.74. The van der Waals surface area contributed by atoms with E-state index in [-0.39, 0.29) is 4.90 Å². The Morgan fingerprint density at radius 3 is 2.77 bits per heavy atom. The van der Waals surface area contributed by atoms with Crippen molar-refractivity contribution < 1.29 is 18.3 Å². The molecule has 2 aliphatic rings. The van der Waals surface area contributed by atoms with Crippen molar-refractivity contribution in [3.63, 3.8) is 0 Å². The Bertz CT molecular complexity index is 1100. The fourth-order valence-corrected chi connectivity index (χ4v) is 5.96. The summed E-state index contributed by atoms with van der Waals surface area (Å²) in [6, 6.07) is 4.87. The van der Waals surface area contributed by atoms with Crippen LogP contribution in [0, 0.1) is 0 Å². The average molecular weight is 464 g/mol. The third-order valence-electron chi connectivity index (χ3n) is 5.59. The summed E-state index contributed by atoms with van der Waals surface area (Å²) in [4.78, 5) is 2.09. The highest BCUT2D eigenvalue weighted by Gasteiger charge is 2.30. The molecule has 0 aliphatic carbocycles. The van der Waals surface area contributed by atoms with Crippen LogP contribution in [-0.4, -0.2) is 59.4 Å². The maximum Gasteiger partial charge on any atom is 0.181 e. The van der Waals surface area contributed by atoms with Gasteiger partial charge in [-0.2, -0.15) is 5.10 Å². The summed E-state index contributed by atoms with van der Waals surface area (Å²) in [5, 5.41) is 14.4. The van der Waals surface area contributed by atoms with E-state index in [9.17, 15) is 13.5 Å². The van der Waals surface area contributed by atoms with E-state index in [0.29, 0.717) is 36.6 Å². The zero-order chi connectivity index (χ0) is 22.0. The molecule has 31 heavy (non-hydrogen) atoms. The molecule has 0 saturated carbocycles. The van der Waals surface area contributed by atoms with Crippen LogP contribution in [0.3, 0.4) is 0 Å². The van der Waals surface area contributed by atoms with Gasteiger partial charge in [0.15, 0.2) is 9.84 Å². The predicted molar refractivity (Wildman–Crippen MR) is 120 cm³/mol. The predicted octanol–water partition coefficient (Wildman–Crippen LogP) is 3.55. The summed E-state index contributed by atoms with van der Waals surface area (Å²) in [6.07, 6.45) is 10.2. The normalized spacial score (nSPS) is 20.2. The van der Waals surface area contributed by atoms with E-state index in [1.807, 2.05) is 23.4 Å². The van der Waals surface area contributed by atoms with Crippen molar-refractivity contribution in [3.05, 3.63) is 54.0 Å². The number of nitrogens with zero attached hydrogens (tertiary/aromatic N) is 3. The molecule has 9 heteroatoms. The number of aromatic nitrogens is 2. The Morgan fingerprint density at radius 1 is 1.29 bits per heavy atom. The van der Waals surface area contributed by atoms with E-state index >= 15 is 0 Å². The molecule has 2 aliphatic heterocycles. The first-order valence-electron chi connectivity index (χ1n) is 10.4. The van der Waals surface area contributed by atoms with Gasteiger partial charge < -0.3 is 14.7 Å². The molecule has 0 radical (unpaired) electrons. The second kappa shape index (κ2) is 9.16. The molecule has 166 valence electrons. The van der Waals surface area contributed by atoms with Crippen LogP contribution in [0.25, 0.3) is 16.8 Å². The molecule has 3 heterocycles. The fraction of sp³-hybridized carbons (Fsp3) is 0.409. The second-order valence-corrected chi connectivity index (χ2v) is 10.4. The minimum atomic E-state index is -3.45. The van der Waals surface area contributed by atoms with Crippen LogP contribution < -0.4 is 0 Å². The maximum atomic E-state index is 12.9. The highest BCUT2D eigenvalue weighted by Crippen LogP contribution is 2.33. The first-order valence-corrected chi connectivity index (χ1v) is 12.3. The van der Waals surface area contributed by atoms with E-state index in [4.69, 9.17) is 16.3 Å². The number of hydrogen-bond donors (Lipinski definition) is 1. The monoisotopic (exact) mass is 463 g/mol. The number of sulfone groups is 1. The number of aliphatic hydroxyl groups is 1. The van der Waals surface area contributed by atoms with E-state index in [0.717, 1.165) is 24.2 Å². The van der Waals surface area contributed by atoms with Crippen LogP contribution >= 0.6 is 11.6 Å². The van der Waals surface area contributed by atoms with E-state index in [1.54, 1.807) is 29.1 Å². The van der Waals surface area contributed by atoms with Gasteiger partial charge in [-0.05, 0) is 43.5 Å². The van der Waals surface area contributed by atoms with Crippen molar-refractivity contribution in [1.82, 2.24) is 14.7 Å². The van der Waals surface area contributed by atoms with Crippen LogP contribution in [-0.2, 0) is 14.6 Å². The minimum Gasteiger partial charge on any atom is -0.381 e. The van der Waals surface area contributed by atoms with E-state index in [2.05, 4.69) is 12.0 Å². The Labute approximate surface area is 187 Å². The third kappa shape index (κ3) is 4.57. The highest BCUT2D eigenvalue weighted by atomic mass is 35.5. The molecule has 1 aromatic heterocycles. The van der Waals surface area contributed by atoms with Gasteiger partial charge in [0, 0.05) is 48.3 Å². The quantitative estimate of drug-likeness (QED) is 0.705. The molecule has 0 spiro atoms. The molecular formula is C22H26ClN3O4S. The standard InChI is InChI=1S/C22H26ClN3O4S/c1-2-9-25-15-17(3-6-22(25)27)26-14-16(13-24-26)20-5-4-19(12-21(20)23)31(28,29)18-7-10-30-11-8-18/h3-6,12-15,18,22,27H,2,7-11H2,1H3. The van der Waals surface area contributed by atoms with Crippen molar-refractivity contribution >= 4 is 27.1 Å². The number of hydrogen-bond acceptors (Lipinski definition) is 6. The molecule has 1 unspecified atom stereocenters. The van der Waals surface area contributed by atoms with Gasteiger partial charge >= 0.3 is 0 Å². The lowest BCUT2D eigenvalue weighted by Gasteiger charge is -2.27. The van der Waals surface area contributed by atoms with Gasteiger partial charge in [0.05, 0.1) is 22.0 Å². The lowest BCUT2D eigenvalue weighted by molar-refractivity contribution is 0.0780. The van der Waals surface area contributed by atoms with Crippen molar-refractivity contribution in [1.29, 1.82) is 0 Å². The average Bonchev–Trinajstić information content (AvgIpc) is 3.26. The molecule has 4 rings (SSSR count). The maximum absolute atomic E-state index is 12.9. The smallest absolute Gasteiger partial charge is 0.181 e. The van der Waals surface area contributed by atoms with Crippen LogP contribution in [0.5, 0.6) is 0 Å². The summed E-state index contributed by atoms with van der Waals surface area (Å²) in [5.41, 5.74) is 2.31. The highest BCUT2D eigenvalue weighted by molar-refractivity contribution is 7.92. The molecule has 1 aromatic carbocycles. The number of ether oxygens (including phenoxy) is 1. The fourth-order valence-electron chi connectivity index (χ4n) is 3.86. The van der Waals surface area contributed by atoms with E-state index in [1.165, 1.54) is 6.07 Å².